The summed E-state index contributed by atoms with van der Waals surface area (Å²) in [5.41, 5.74) is 7.19. The van der Waals surface area contributed by atoms with Crippen molar-refractivity contribution < 1.29 is 0 Å². The number of hydrogen-bond acceptors (Lipinski definition) is 1. The molecule has 0 saturated carbocycles. The summed E-state index contributed by atoms with van der Waals surface area (Å²) in [6, 6.07) is 5.96. The first-order valence-corrected chi connectivity index (χ1v) is 5.88. The lowest BCUT2D eigenvalue weighted by atomic mass is 9.98. The van der Waals surface area contributed by atoms with E-state index < -0.39 is 0 Å². The first kappa shape index (κ1) is 12.0. The van der Waals surface area contributed by atoms with E-state index in [0.717, 1.165) is 21.5 Å². The van der Waals surface area contributed by atoms with Crippen molar-refractivity contribution in [2.24, 2.45) is 11.7 Å². The van der Waals surface area contributed by atoms with Gasteiger partial charge in [0.2, 0.25) is 0 Å². The second-order valence-corrected chi connectivity index (χ2v) is 5.17. The molecule has 1 rings (SSSR count). The Hall–Kier alpha value is -0.0500. The molecule has 3 heteroatoms. The minimum atomic E-state index is 0.101. The summed E-state index contributed by atoms with van der Waals surface area (Å²) in [5.74, 6) is 0.611. The van der Waals surface area contributed by atoms with E-state index in [1.807, 2.05) is 18.2 Å². The molecule has 1 nitrogen and oxygen atoms in total. The fourth-order valence-electron chi connectivity index (χ4n) is 1.39. The Morgan fingerprint density at radius 1 is 1.43 bits per heavy atom. The first-order valence-electron chi connectivity index (χ1n) is 4.71. The molecule has 0 saturated heterocycles. The Morgan fingerprint density at radius 2 is 2.07 bits per heavy atom. The first-order chi connectivity index (χ1) is 6.50. The number of halogens is 2. The van der Waals surface area contributed by atoms with Gasteiger partial charge in [-0.25, -0.2) is 0 Å². The van der Waals surface area contributed by atoms with Crippen LogP contribution in [0, 0.1) is 5.92 Å². The molecular formula is C11H15BrClN. The normalized spacial score (nSPS) is 13.3. The highest BCUT2D eigenvalue weighted by atomic mass is 79.9. The van der Waals surface area contributed by atoms with Crippen molar-refractivity contribution in [3.8, 4) is 0 Å². The van der Waals surface area contributed by atoms with E-state index >= 15 is 0 Å². The number of nitrogens with two attached hydrogens (primary N) is 1. The molecule has 0 aromatic heterocycles. The Bertz CT molecular complexity index is 312. The summed E-state index contributed by atoms with van der Waals surface area (Å²) in [6.45, 7) is 4.34. The van der Waals surface area contributed by atoms with Gasteiger partial charge in [-0.3, -0.25) is 0 Å². The predicted octanol–water partition coefficient (Wildman–Crippen LogP) is 4.15. The SMILES string of the molecule is CC(C)C[C@H](N)c1ccc(Cl)c(Br)c1. The van der Waals surface area contributed by atoms with Crippen molar-refractivity contribution in [3.05, 3.63) is 33.3 Å². The average Bonchev–Trinajstić information content (AvgIpc) is 2.08. The lowest BCUT2D eigenvalue weighted by Gasteiger charge is -2.14. The molecular weight excluding hydrogens is 261 g/mol. The highest BCUT2D eigenvalue weighted by Crippen LogP contribution is 2.27. The maximum absolute atomic E-state index is 6.05. The monoisotopic (exact) mass is 275 g/mol. The van der Waals surface area contributed by atoms with Crippen LogP contribution in [0.4, 0.5) is 0 Å². The summed E-state index contributed by atoms with van der Waals surface area (Å²) in [4.78, 5) is 0. The van der Waals surface area contributed by atoms with Crippen molar-refractivity contribution in [1.29, 1.82) is 0 Å². The van der Waals surface area contributed by atoms with Crippen LogP contribution in [0.25, 0.3) is 0 Å². The van der Waals surface area contributed by atoms with Gasteiger partial charge in [0.15, 0.2) is 0 Å². The van der Waals surface area contributed by atoms with Crippen molar-refractivity contribution >= 4 is 27.5 Å². The molecule has 14 heavy (non-hydrogen) atoms. The van der Waals surface area contributed by atoms with Gasteiger partial charge in [-0.15, -0.1) is 0 Å². The van der Waals surface area contributed by atoms with Gasteiger partial charge in [0.25, 0.3) is 0 Å². The third kappa shape index (κ3) is 3.26. The van der Waals surface area contributed by atoms with E-state index in [4.69, 9.17) is 17.3 Å². The zero-order valence-corrected chi connectivity index (χ0v) is 10.8. The number of benzene rings is 1. The highest BCUT2D eigenvalue weighted by molar-refractivity contribution is 9.10. The molecule has 1 atom stereocenters. The van der Waals surface area contributed by atoms with Crippen molar-refractivity contribution in [2.45, 2.75) is 26.3 Å². The molecule has 0 bridgehead atoms. The quantitative estimate of drug-likeness (QED) is 0.882. The van der Waals surface area contributed by atoms with Crippen LogP contribution in [-0.4, -0.2) is 0 Å². The Morgan fingerprint density at radius 3 is 2.57 bits per heavy atom. The van der Waals surface area contributed by atoms with Crippen molar-refractivity contribution in [3.63, 3.8) is 0 Å². The van der Waals surface area contributed by atoms with Gasteiger partial charge < -0.3 is 5.73 Å². The summed E-state index contributed by atoms with van der Waals surface area (Å²) >= 11 is 9.30. The molecule has 78 valence electrons. The third-order valence-electron chi connectivity index (χ3n) is 2.10. The lowest BCUT2D eigenvalue weighted by molar-refractivity contribution is 0.510. The summed E-state index contributed by atoms with van der Waals surface area (Å²) in [6.07, 6.45) is 0.994. The average molecular weight is 277 g/mol. The fourth-order valence-corrected chi connectivity index (χ4v) is 1.90. The minimum absolute atomic E-state index is 0.101. The molecule has 0 heterocycles. The van der Waals surface area contributed by atoms with E-state index in [-0.39, 0.29) is 6.04 Å². The largest absolute Gasteiger partial charge is 0.324 e. The van der Waals surface area contributed by atoms with Crippen LogP contribution in [0.2, 0.25) is 5.02 Å². The van der Waals surface area contributed by atoms with E-state index in [1.165, 1.54) is 0 Å². The molecule has 0 radical (unpaired) electrons. The van der Waals surface area contributed by atoms with E-state index in [9.17, 15) is 0 Å². The standard InChI is InChI=1S/C11H15BrClN/c1-7(2)5-11(14)8-3-4-10(13)9(12)6-8/h3-4,6-7,11H,5,14H2,1-2H3/t11-/m0/s1. The van der Waals surface area contributed by atoms with Crippen LogP contribution in [0.3, 0.4) is 0 Å². The maximum atomic E-state index is 6.05. The van der Waals surface area contributed by atoms with E-state index in [2.05, 4.69) is 29.8 Å². The maximum Gasteiger partial charge on any atom is 0.0548 e. The van der Waals surface area contributed by atoms with Crippen molar-refractivity contribution in [2.75, 3.05) is 0 Å². The molecule has 0 aliphatic rings. The molecule has 1 aromatic carbocycles. The van der Waals surface area contributed by atoms with Crippen LogP contribution >= 0.6 is 27.5 Å². The number of rotatable bonds is 3. The Kier molecular flexibility index (Phi) is 4.42. The third-order valence-corrected chi connectivity index (χ3v) is 3.31. The van der Waals surface area contributed by atoms with E-state index in [0.29, 0.717) is 5.92 Å². The van der Waals surface area contributed by atoms with Crippen LogP contribution in [0.5, 0.6) is 0 Å². The molecule has 0 unspecified atom stereocenters. The second-order valence-electron chi connectivity index (χ2n) is 3.91. The van der Waals surface area contributed by atoms with Gasteiger partial charge in [-0.1, -0.05) is 31.5 Å². The summed E-state index contributed by atoms with van der Waals surface area (Å²) in [7, 11) is 0. The molecule has 0 amide bonds. The Balaban J connectivity index is 2.80. The second kappa shape index (κ2) is 5.15. The summed E-state index contributed by atoms with van der Waals surface area (Å²) in [5, 5.41) is 0.727. The van der Waals surface area contributed by atoms with Gasteiger partial charge in [0.05, 0.1) is 5.02 Å². The molecule has 0 fully saturated rings. The molecule has 0 aliphatic carbocycles. The van der Waals surface area contributed by atoms with Crippen LogP contribution < -0.4 is 5.73 Å². The zero-order chi connectivity index (χ0) is 10.7. The molecule has 0 aliphatic heterocycles. The van der Waals surface area contributed by atoms with Gasteiger partial charge in [0, 0.05) is 10.5 Å². The minimum Gasteiger partial charge on any atom is -0.324 e. The van der Waals surface area contributed by atoms with Crippen LogP contribution in [0.15, 0.2) is 22.7 Å². The molecule has 0 spiro atoms. The van der Waals surface area contributed by atoms with Crippen LogP contribution in [-0.2, 0) is 0 Å². The van der Waals surface area contributed by atoms with Gasteiger partial charge in [-0.2, -0.15) is 0 Å². The fraction of sp³-hybridized carbons (Fsp3) is 0.455. The Labute approximate surface area is 98.8 Å². The topological polar surface area (TPSA) is 26.0 Å². The smallest absolute Gasteiger partial charge is 0.0548 e. The predicted molar refractivity (Wildman–Crippen MR) is 65.5 cm³/mol. The molecule has 2 N–H and O–H groups in total. The summed E-state index contributed by atoms with van der Waals surface area (Å²) < 4.78 is 0.913. The van der Waals surface area contributed by atoms with E-state index in [1.54, 1.807) is 0 Å². The molecule has 1 aromatic rings. The van der Waals surface area contributed by atoms with Gasteiger partial charge in [-0.05, 0) is 46.0 Å². The zero-order valence-electron chi connectivity index (χ0n) is 8.43. The number of hydrogen-bond donors (Lipinski definition) is 1. The van der Waals surface area contributed by atoms with Crippen molar-refractivity contribution in [1.82, 2.24) is 0 Å². The highest BCUT2D eigenvalue weighted by Gasteiger charge is 2.09. The lowest BCUT2D eigenvalue weighted by Crippen LogP contribution is -2.12. The van der Waals surface area contributed by atoms with Gasteiger partial charge in [0.1, 0.15) is 0 Å². The van der Waals surface area contributed by atoms with Gasteiger partial charge >= 0.3 is 0 Å². The van der Waals surface area contributed by atoms with Crippen LogP contribution in [0.1, 0.15) is 31.9 Å².